The van der Waals surface area contributed by atoms with Gasteiger partial charge in [-0.05, 0) is 12.1 Å². The Morgan fingerprint density at radius 3 is 2.18 bits per heavy atom. The molecule has 0 spiro atoms. The number of sulfone groups is 1. The highest BCUT2D eigenvalue weighted by Gasteiger charge is 2.41. The first-order valence-corrected chi connectivity index (χ1v) is 5.99. The normalized spacial score (nSPS) is 12.5. The van der Waals surface area contributed by atoms with Gasteiger partial charge < -0.3 is 0 Å². The van der Waals surface area contributed by atoms with Gasteiger partial charge in [0.1, 0.15) is 10.5 Å². The average Bonchev–Trinajstić information content (AvgIpc) is 2.13. The van der Waals surface area contributed by atoms with Crippen LogP contribution in [-0.2, 0) is 16.0 Å². The van der Waals surface area contributed by atoms with Gasteiger partial charge in [0.2, 0.25) is 0 Å². The van der Waals surface area contributed by atoms with Crippen molar-refractivity contribution in [3.63, 3.8) is 0 Å². The smallest absolute Gasteiger partial charge is 0.258 e. The molecular formula is C8H6F3NO4S. The number of halogens is 3. The zero-order valence-electron chi connectivity index (χ0n) is 8.35. The molecule has 1 aromatic rings. The zero-order valence-corrected chi connectivity index (χ0v) is 9.17. The Kier molecular flexibility index (Phi) is 3.15. The summed E-state index contributed by atoms with van der Waals surface area (Å²) in [6.45, 7) is 0. The van der Waals surface area contributed by atoms with Gasteiger partial charge in [-0.25, -0.2) is 8.42 Å². The van der Waals surface area contributed by atoms with Crippen LogP contribution in [-0.4, -0.2) is 19.6 Å². The molecule has 0 radical (unpaired) electrons. The predicted molar refractivity (Wildman–Crippen MR) is 51.2 cm³/mol. The van der Waals surface area contributed by atoms with Crippen molar-refractivity contribution in [1.82, 2.24) is 0 Å². The number of benzene rings is 1. The minimum Gasteiger partial charge on any atom is -0.258 e. The van der Waals surface area contributed by atoms with E-state index in [1.165, 1.54) is 0 Å². The quantitative estimate of drug-likeness (QED) is 0.607. The topological polar surface area (TPSA) is 77.3 Å². The lowest BCUT2D eigenvalue weighted by atomic mass is 10.2. The fourth-order valence-electron chi connectivity index (χ4n) is 1.24. The standard InChI is InChI=1S/C8H6F3NO4S/c1-17(15,16)6-4-2-3-5(8(9,10)11)7(6)12(13)14/h2-4H,1H3. The van der Waals surface area contributed by atoms with E-state index >= 15 is 0 Å². The molecule has 0 unspecified atom stereocenters. The van der Waals surface area contributed by atoms with Crippen LogP contribution in [0.5, 0.6) is 0 Å². The van der Waals surface area contributed by atoms with Gasteiger partial charge in [0.15, 0.2) is 9.84 Å². The van der Waals surface area contributed by atoms with E-state index in [9.17, 15) is 31.7 Å². The third kappa shape index (κ3) is 2.73. The number of hydrogen-bond acceptors (Lipinski definition) is 4. The Balaban J connectivity index is 3.73. The van der Waals surface area contributed by atoms with Gasteiger partial charge in [0.05, 0.1) is 4.92 Å². The molecule has 0 amide bonds. The fourth-order valence-corrected chi connectivity index (χ4v) is 2.10. The van der Waals surface area contributed by atoms with E-state index in [4.69, 9.17) is 0 Å². The van der Waals surface area contributed by atoms with Gasteiger partial charge in [0, 0.05) is 6.26 Å². The number of para-hydroxylation sites is 1. The summed E-state index contributed by atoms with van der Waals surface area (Å²) >= 11 is 0. The van der Waals surface area contributed by atoms with E-state index in [0.29, 0.717) is 12.3 Å². The summed E-state index contributed by atoms with van der Waals surface area (Å²) < 4.78 is 59.8. The van der Waals surface area contributed by atoms with Crippen molar-refractivity contribution in [2.75, 3.05) is 6.26 Å². The molecule has 0 bridgehead atoms. The molecule has 9 heteroatoms. The van der Waals surface area contributed by atoms with E-state index in [0.717, 1.165) is 12.1 Å². The van der Waals surface area contributed by atoms with E-state index in [-0.39, 0.29) is 0 Å². The van der Waals surface area contributed by atoms with Crippen LogP contribution < -0.4 is 0 Å². The highest BCUT2D eigenvalue weighted by atomic mass is 32.2. The Bertz CT molecular complexity index is 565. The van der Waals surface area contributed by atoms with Gasteiger partial charge in [-0.3, -0.25) is 10.1 Å². The van der Waals surface area contributed by atoms with Gasteiger partial charge in [0.25, 0.3) is 5.69 Å². The van der Waals surface area contributed by atoms with E-state index in [2.05, 4.69) is 0 Å². The summed E-state index contributed by atoms with van der Waals surface area (Å²) in [6, 6.07) is 2.04. The van der Waals surface area contributed by atoms with Crippen LogP contribution in [0.2, 0.25) is 0 Å². The van der Waals surface area contributed by atoms with Gasteiger partial charge >= 0.3 is 6.18 Å². The van der Waals surface area contributed by atoms with Gasteiger partial charge in [-0.15, -0.1) is 0 Å². The lowest BCUT2D eigenvalue weighted by molar-refractivity contribution is -0.391. The molecule has 0 N–H and O–H groups in total. The minimum atomic E-state index is -4.98. The highest BCUT2D eigenvalue weighted by molar-refractivity contribution is 7.90. The molecule has 0 saturated heterocycles. The maximum atomic E-state index is 12.5. The van der Waals surface area contributed by atoms with Crippen LogP contribution in [0.1, 0.15) is 5.56 Å². The molecule has 0 aliphatic rings. The third-order valence-corrected chi connectivity index (χ3v) is 3.01. The van der Waals surface area contributed by atoms with Crippen LogP contribution in [0.3, 0.4) is 0 Å². The molecule has 0 atom stereocenters. The maximum absolute atomic E-state index is 12.5. The third-order valence-electron chi connectivity index (χ3n) is 1.89. The SMILES string of the molecule is CS(=O)(=O)c1cccc(C(F)(F)F)c1[N+](=O)[O-]. The van der Waals surface area contributed by atoms with E-state index in [1.54, 1.807) is 0 Å². The largest absolute Gasteiger partial charge is 0.423 e. The molecule has 94 valence electrons. The van der Waals surface area contributed by atoms with E-state index < -0.39 is 37.1 Å². The minimum absolute atomic E-state index is 0.465. The number of nitrogens with zero attached hydrogens (tertiary/aromatic N) is 1. The van der Waals surface area contributed by atoms with Gasteiger partial charge in [-0.2, -0.15) is 13.2 Å². The van der Waals surface area contributed by atoms with Gasteiger partial charge in [-0.1, -0.05) is 6.07 Å². The van der Waals surface area contributed by atoms with Crippen LogP contribution in [0, 0.1) is 10.1 Å². The number of rotatable bonds is 2. The molecule has 17 heavy (non-hydrogen) atoms. The summed E-state index contributed by atoms with van der Waals surface area (Å²) in [5.74, 6) is 0. The lowest BCUT2D eigenvalue weighted by Crippen LogP contribution is -2.12. The predicted octanol–water partition coefficient (Wildman–Crippen LogP) is 2.02. The fraction of sp³-hybridized carbons (Fsp3) is 0.250. The first-order valence-electron chi connectivity index (χ1n) is 4.10. The molecule has 0 aliphatic carbocycles. The van der Waals surface area contributed by atoms with E-state index in [1.807, 2.05) is 0 Å². The van der Waals surface area contributed by atoms with Crippen molar-refractivity contribution in [2.45, 2.75) is 11.1 Å². The Labute approximate surface area is 93.9 Å². The number of hydrogen-bond donors (Lipinski definition) is 0. The molecule has 0 fully saturated rings. The summed E-state index contributed by atoms with van der Waals surface area (Å²) in [7, 11) is -4.10. The van der Waals surface area contributed by atoms with Crippen LogP contribution in [0.4, 0.5) is 18.9 Å². The molecular weight excluding hydrogens is 263 g/mol. The van der Waals surface area contributed by atoms with Crippen molar-refractivity contribution >= 4 is 15.5 Å². The molecule has 0 aromatic heterocycles. The Morgan fingerprint density at radius 1 is 1.29 bits per heavy atom. The molecule has 0 saturated carbocycles. The summed E-state index contributed by atoms with van der Waals surface area (Å²) in [4.78, 5) is 8.28. The second-order valence-corrected chi connectivity index (χ2v) is 5.16. The summed E-state index contributed by atoms with van der Waals surface area (Å²) in [6.07, 6.45) is -4.38. The summed E-state index contributed by atoms with van der Waals surface area (Å²) in [5.41, 5.74) is -3.02. The van der Waals surface area contributed by atoms with Crippen molar-refractivity contribution in [2.24, 2.45) is 0 Å². The first kappa shape index (κ1) is 13.4. The number of alkyl halides is 3. The average molecular weight is 269 g/mol. The summed E-state index contributed by atoms with van der Waals surface area (Å²) in [5, 5.41) is 10.6. The van der Waals surface area contributed by atoms with Crippen molar-refractivity contribution in [1.29, 1.82) is 0 Å². The first-order chi connectivity index (χ1) is 7.55. The molecule has 0 heterocycles. The van der Waals surface area contributed by atoms with Crippen LogP contribution >= 0.6 is 0 Å². The molecule has 5 nitrogen and oxygen atoms in total. The lowest BCUT2D eigenvalue weighted by Gasteiger charge is -2.09. The maximum Gasteiger partial charge on any atom is 0.423 e. The molecule has 1 rings (SSSR count). The number of nitro benzene ring substituents is 1. The van der Waals surface area contributed by atoms with Crippen LogP contribution in [0.15, 0.2) is 23.1 Å². The molecule has 0 aliphatic heterocycles. The Morgan fingerprint density at radius 2 is 1.82 bits per heavy atom. The second kappa shape index (κ2) is 3.99. The van der Waals surface area contributed by atoms with Crippen molar-refractivity contribution in [3.8, 4) is 0 Å². The van der Waals surface area contributed by atoms with Crippen LogP contribution in [0.25, 0.3) is 0 Å². The number of nitro groups is 1. The monoisotopic (exact) mass is 269 g/mol. The van der Waals surface area contributed by atoms with Crippen molar-refractivity contribution < 1.29 is 26.5 Å². The molecule has 1 aromatic carbocycles. The Hall–Kier alpha value is -1.64. The zero-order chi connectivity index (χ0) is 13.4. The second-order valence-electron chi connectivity index (χ2n) is 3.18. The highest BCUT2D eigenvalue weighted by Crippen LogP contribution is 2.39. The van der Waals surface area contributed by atoms with Crippen molar-refractivity contribution in [3.05, 3.63) is 33.9 Å².